The molecule has 17 heavy (non-hydrogen) atoms. The normalized spacial score (nSPS) is 14.1. The second-order valence-corrected chi connectivity index (χ2v) is 5.88. The average molecular weight is 275 g/mol. The van der Waals surface area contributed by atoms with Gasteiger partial charge in [0.15, 0.2) is 0 Å². The molecule has 2 atom stereocenters. The van der Waals surface area contributed by atoms with Gasteiger partial charge in [-0.25, -0.2) is 0 Å². The molecule has 0 aliphatic rings. The molecule has 3 nitrogen and oxygen atoms in total. The standard InChI is InChI=1S/C12H15ClO3S/c1-3-16-12(14)7-9(2)17(15)11-6-4-5-10(13)8-11/h4-6,8-9H,3,7H2,1-2H3. The van der Waals surface area contributed by atoms with Crippen molar-refractivity contribution in [3.8, 4) is 0 Å². The number of benzene rings is 1. The molecular formula is C12H15ClO3S. The zero-order valence-electron chi connectivity index (χ0n) is 9.81. The smallest absolute Gasteiger partial charge is 0.306 e. The van der Waals surface area contributed by atoms with Gasteiger partial charge in [0, 0.05) is 15.2 Å². The molecule has 0 radical (unpaired) electrons. The van der Waals surface area contributed by atoms with Gasteiger partial charge < -0.3 is 4.74 Å². The first-order chi connectivity index (χ1) is 8.04. The third-order valence-corrected chi connectivity index (χ3v) is 4.00. The van der Waals surface area contributed by atoms with Crippen LogP contribution in [-0.2, 0) is 20.3 Å². The molecule has 0 heterocycles. The largest absolute Gasteiger partial charge is 0.466 e. The van der Waals surface area contributed by atoms with Crippen LogP contribution in [0.1, 0.15) is 20.3 Å². The van der Waals surface area contributed by atoms with E-state index in [4.69, 9.17) is 16.3 Å². The van der Waals surface area contributed by atoms with Crippen LogP contribution >= 0.6 is 11.6 Å². The van der Waals surface area contributed by atoms with Crippen molar-refractivity contribution in [2.75, 3.05) is 6.61 Å². The summed E-state index contributed by atoms with van der Waals surface area (Å²) in [4.78, 5) is 11.9. The van der Waals surface area contributed by atoms with Crippen LogP contribution < -0.4 is 0 Å². The lowest BCUT2D eigenvalue weighted by Crippen LogP contribution is -2.18. The van der Waals surface area contributed by atoms with Gasteiger partial charge >= 0.3 is 5.97 Å². The summed E-state index contributed by atoms with van der Waals surface area (Å²) in [6.07, 6.45) is 0.146. The van der Waals surface area contributed by atoms with Gasteiger partial charge in [-0.1, -0.05) is 17.7 Å². The number of carbonyl (C=O) groups is 1. The molecule has 0 saturated carbocycles. The molecular weight excluding hydrogens is 260 g/mol. The van der Waals surface area contributed by atoms with Crippen molar-refractivity contribution in [3.63, 3.8) is 0 Å². The predicted octanol–water partition coefficient (Wildman–Crippen LogP) is 2.79. The molecule has 0 aliphatic heterocycles. The Kier molecular flexibility index (Phi) is 5.65. The zero-order chi connectivity index (χ0) is 12.8. The van der Waals surface area contributed by atoms with Gasteiger partial charge in [-0.2, -0.15) is 0 Å². The van der Waals surface area contributed by atoms with Crippen molar-refractivity contribution in [2.45, 2.75) is 30.4 Å². The Balaban J connectivity index is 2.67. The van der Waals surface area contributed by atoms with E-state index in [9.17, 15) is 9.00 Å². The van der Waals surface area contributed by atoms with Crippen molar-refractivity contribution >= 4 is 28.4 Å². The van der Waals surface area contributed by atoms with Gasteiger partial charge in [0.25, 0.3) is 0 Å². The minimum atomic E-state index is -1.25. The first kappa shape index (κ1) is 14.2. The number of hydrogen-bond donors (Lipinski definition) is 0. The Hall–Kier alpha value is -0.870. The van der Waals surface area contributed by atoms with Gasteiger partial charge in [0.05, 0.1) is 23.8 Å². The molecule has 94 valence electrons. The number of rotatable bonds is 5. The van der Waals surface area contributed by atoms with Crippen molar-refractivity contribution < 1.29 is 13.7 Å². The Bertz CT molecular complexity index is 420. The number of ether oxygens (including phenoxy) is 1. The molecule has 5 heteroatoms. The average Bonchev–Trinajstić information content (AvgIpc) is 2.28. The predicted molar refractivity (Wildman–Crippen MR) is 68.6 cm³/mol. The fraction of sp³-hybridized carbons (Fsp3) is 0.417. The summed E-state index contributed by atoms with van der Waals surface area (Å²) in [6.45, 7) is 3.85. The summed E-state index contributed by atoms with van der Waals surface area (Å²) in [7, 11) is -1.25. The highest BCUT2D eigenvalue weighted by molar-refractivity contribution is 7.85. The summed E-state index contributed by atoms with van der Waals surface area (Å²) in [5, 5.41) is 0.256. The monoisotopic (exact) mass is 274 g/mol. The van der Waals surface area contributed by atoms with Crippen LogP contribution in [0.25, 0.3) is 0 Å². The molecule has 1 aromatic carbocycles. The first-order valence-electron chi connectivity index (χ1n) is 5.36. The molecule has 0 N–H and O–H groups in total. The molecule has 0 aliphatic carbocycles. The van der Waals surface area contributed by atoms with Crippen molar-refractivity contribution in [1.29, 1.82) is 0 Å². The minimum absolute atomic E-state index is 0.146. The van der Waals surface area contributed by atoms with Crippen LogP contribution in [0, 0.1) is 0 Å². The highest BCUT2D eigenvalue weighted by atomic mass is 35.5. The van der Waals surface area contributed by atoms with Crippen LogP contribution in [0.2, 0.25) is 5.02 Å². The fourth-order valence-electron chi connectivity index (χ4n) is 1.35. The minimum Gasteiger partial charge on any atom is -0.466 e. The topological polar surface area (TPSA) is 43.4 Å². The second-order valence-electron chi connectivity index (χ2n) is 3.57. The Morgan fingerprint density at radius 3 is 2.82 bits per heavy atom. The van der Waals surface area contributed by atoms with Crippen molar-refractivity contribution in [1.82, 2.24) is 0 Å². The van der Waals surface area contributed by atoms with E-state index in [0.717, 1.165) is 0 Å². The van der Waals surface area contributed by atoms with E-state index in [1.165, 1.54) is 0 Å². The maximum atomic E-state index is 12.1. The molecule has 0 saturated heterocycles. The Morgan fingerprint density at radius 1 is 1.53 bits per heavy atom. The van der Waals surface area contributed by atoms with E-state index in [0.29, 0.717) is 16.5 Å². The molecule has 2 unspecified atom stereocenters. The van der Waals surface area contributed by atoms with Crippen LogP contribution in [0.5, 0.6) is 0 Å². The van der Waals surface area contributed by atoms with E-state index >= 15 is 0 Å². The number of halogens is 1. The highest BCUT2D eigenvalue weighted by Gasteiger charge is 2.18. The lowest BCUT2D eigenvalue weighted by Gasteiger charge is -2.10. The lowest BCUT2D eigenvalue weighted by molar-refractivity contribution is -0.143. The van der Waals surface area contributed by atoms with Crippen LogP contribution in [-0.4, -0.2) is 22.0 Å². The van der Waals surface area contributed by atoms with E-state index < -0.39 is 10.8 Å². The van der Waals surface area contributed by atoms with E-state index in [2.05, 4.69) is 0 Å². The number of carbonyl (C=O) groups excluding carboxylic acids is 1. The Labute approximate surface area is 109 Å². The molecule has 0 amide bonds. The van der Waals surface area contributed by atoms with E-state index in [-0.39, 0.29) is 17.6 Å². The molecule has 0 bridgehead atoms. The van der Waals surface area contributed by atoms with Gasteiger partial charge in [-0.3, -0.25) is 9.00 Å². The maximum absolute atomic E-state index is 12.1. The second kappa shape index (κ2) is 6.77. The number of hydrogen-bond acceptors (Lipinski definition) is 3. The van der Waals surface area contributed by atoms with Crippen LogP contribution in [0.15, 0.2) is 29.2 Å². The van der Waals surface area contributed by atoms with E-state index in [1.54, 1.807) is 38.1 Å². The quantitative estimate of drug-likeness (QED) is 0.776. The SMILES string of the molecule is CCOC(=O)CC(C)S(=O)c1cccc(Cl)c1. The Morgan fingerprint density at radius 2 is 2.24 bits per heavy atom. The highest BCUT2D eigenvalue weighted by Crippen LogP contribution is 2.18. The molecule has 0 fully saturated rings. The van der Waals surface area contributed by atoms with Crippen molar-refractivity contribution in [2.24, 2.45) is 0 Å². The zero-order valence-corrected chi connectivity index (χ0v) is 11.4. The summed E-state index contributed by atoms with van der Waals surface area (Å²) in [5.41, 5.74) is 0. The number of esters is 1. The van der Waals surface area contributed by atoms with E-state index in [1.807, 2.05) is 0 Å². The summed E-state index contributed by atoms with van der Waals surface area (Å²) < 4.78 is 16.9. The molecule has 0 spiro atoms. The van der Waals surface area contributed by atoms with Gasteiger partial charge in [-0.05, 0) is 32.0 Å². The molecule has 1 rings (SSSR count). The van der Waals surface area contributed by atoms with Crippen LogP contribution in [0.3, 0.4) is 0 Å². The van der Waals surface area contributed by atoms with Gasteiger partial charge in [-0.15, -0.1) is 0 Å². The lowest BCUT2D eigenvalue weighted by atomic mass is 10.3. The molecule has 0 aromatic heterocycles. The maximum Gasteiger partial charge on any atom is 0.306 e. The first-order valence-corrected chi connectivity index (χ1v) is 6.95. The van der Waals surface area contributed by atoms with Gasteiger partial charge in [0.2, 0.25) is 0 Å². The fourth-order valence-corrected chi connectivity index (χ4v) is 2.82. The molecule has 1 aromatic rings. The third-order valence-electron chi connectivity index (χ3n) is 2.15. The van der Waals surface area contributed by atoms with Gasteiger partial charge in [0.1, 0.15) is 0 Å². The third kappa shape index (κ3) is 4.48. The summed E-state index contributed by atoms with van der Waals surface area (Å²) >= 11 is 5.82. The van der Waals surface area contributed by atoms with Crippen LogP contribution in [0.4, 0.5) is 0 Å². The van der Waals surface area contributed by atoms with Crippen molar-refractivity contribution in [3.05, 3.63) is 29.3 Å². The summed E-state index contributed by atoms with van der Waals surface area (Å²) in [5.74, 6) is -0.324. The summed E-state index contributed by atoms with van der Waals surface area (Å²) in [6, 6.07) is 6.86.